The Bertz CT molecular complexity index is 97.1. The summed E-state index contributed by atoms with van der Waals surface area (Å²) in [5.41, 5.74) is 0. The van der Waals surface area contributed by atoms with E-state index in [1.54, 1.807) is 0 Å². The first kappa shape index (κ1) is 5.48. The minimum Gasteiger partial charge on any atom is -0.312 e. The lowest BCUT2D eigenvalue weighted by Crippen LogP contribution is -2.03. The summed E-state index contributed by atoms with van der Waals surface area (Å²) in [6.07, 6.45) is 5.17. The fourth-order valence-electron chi connectivity index (χ4n) is 0.801. The summed E-state index contributed by atoms with van der Waals surface area (Å²) in [6.45, 7) is 0. The van der Waals surface area contributed by atoms with E-state index in [0.29, 0.717) is 5.92 Å². The predicted octanol–water partition coefficient (Wildman–Crippen LogP) is 1.31. The molecule has 0 aliphatic heterocycles. The second kappa shape index (κ2) is 2.07. The van der Waals surface area contributed by atoms with Crippen molar-refractivity contribution >= 4 is 12.4 Å². The molecule has 2 nitrogen and oxygen atoms in total. The van der Waals surface area contributed by atoms with Crippen LogP contribution in [0, 0.1) is 22.7 Å². The van der Waals surface area contributed by atoms with Gasteiger partial charge in [-0.1, -0.05) is 0 Å². The summed E-state index contributed by atoms with van der Waals surface area (Å²) in [6, 6.07) is 0. The molecule has 44 valence electrons. The molecule has 0 bridgehead atoms. The molecule has 8 heavy (non-hydrogen) atoms. The van der Waals surface area contributed by atoms with E-state index in [4.69, 9.17) is 10.8 Å². The van der Waals surface area contributed by atoms with Gasteiger partial charge in [0.25, 0.3) is 0 Å². The highest BCUT2D eigenvalue weighted by Crippen LogP contribution is 2.34. The smallest absolute Gasteiger partial charge is 0.0311 e. The maximum Gasteiger partial charge on any atom is 0.0311 e. The normalized spacial score (nSPS) is 22.0. The van der Waals surface area contributed by atoms with Crippen molar-refractivity contribution in [3.63, 3.8) is 0 Å². The molecule has 2 N–H and O–H groups in total. The molecular weight excluding hydrogens is 100 g/mol. The van der Waals surface area contributed by atoms with E-state index >= 15 is 0 Å². The lowest BCUT2D eigenvalue weighted by atomic mass is 10.1. The Labute approximate surface area is 48.9 Å². The molecule has 1 aliphatic carbocycles. The molecule has 0 amide bonds. The van der Waals surface area contributed by atoms with Crippen LogP contribution in [-0.2, 0) is 0 Å². The van der Waals surface area contributed by atoms with Gasteiger partial charge in [0.15, 0.2) is 0 Å². The molecule has 1 aliphatic rings. The number of hydrogen-bond donors (Lipinski definition) is 2. The molecule has 0 radical (unpaired) electrons. The van der Waals surface area contributed by atoms with Gasteiger partial charge in [-0.05, 0) is 18.8 Å². The monoisotopic (exact) mass is 110 g/mol. The standard InChI is InChI=1S/C6H10N2/c7-3-6(4-8)5-1-2-5/h3-8H,1-2H2. The molecule has 1 saturated carbocycles. The fourth-order valence-corrected chi connectivity index (χ4v) is 0.801. The zero-order valence-electron chi connectivity index (χ0n) is 4.72. The molecular formula is C6H10N2. The van der Waals surface area contributed by atoms with Crippen molar-refractivity contribution in [2.45, 2.75) is 12.8 Å². The molecule has 0 heterocycles. The highest BCUT2D eigenvalue weighted by Gasteiger charge is 2.27. The van der Waals surface area contributed by atoms with Crippen molar-refractivity contribution in [3.05, 3.63) is 0 Å². The lowest BCUT2D eigenvalue weighted by Gasteiger charge is -1.97. The molecule has 2 heteroatoms. The first-order chi connectivity index (χ1) is 3.88. The first-order valence-corrected chi connectivity index (χ1v) is 2.89. The quantitative estimate of drug-likeness (QED) is 0.515. The van der Waals surface area contributed by atoms with Crippen LogP contribution in [0.5, 0.6) is 0 Å². The van der Waals surface area contributed by atoms with E-state index in [-0.39, 0.29) is 5.92 Å². The lowest BCUT2D eigenvalue weighted by molar-refractivity contribution is 0.790. The summed E-state index contributed by atoms with van der Waals surface area (Å²) >= 11 is 0. The predicted molar refractivity (Wildman–Crippen MR) is 33.8 cm³/mol. The van der Waals surface area contributed by atoms with Gasteiger partial charge in [0.2, 0.25) is 0 Å². The van der Waals surface area contributed by atoms with Gasteiger partial charge >= 0.3 is 0 Å². The third-order valence-corrected chi connectivity index (χ3v) is 1.55. The number of hydrogen-bond acceptors (Lipinski definition) is 2. The number of rotatable bonds is 3. The van der Waals surface area contributed by atoms with Gasteiger partial charge in [0, 0.05) is 18.3 Å². The molecule has 0 unspecified atom stereocenters. The van der Waals surface area contributed by atoms with Crippen molar-refractivity contribution in [1.82, 2.24) is 0 Å². The molecule has 0 atom stereocenters. The van der Waals surface area contributed by atoms with Crippen LogP contribution in [0.15, 0.2) is 0 Å². The Morgan fingerprint density at radius 1 is 1.25 bits per heavy atom. The van der Waals surface area contributed by atoms with E-state index in [1.165, 1.54) is 25.3 Å². The molecule has 0 aromatic carbocycles. The van der Waals surface area contributed by atoms with Crippen LogP contribution < -0.4 is 0 Å². The largest absolute Gasteiger partial charge is 0.312 e. The van der Waals surface area contributed by atoms with Crippen LogP contribution in [-0.4, -0.2) is 12.4 Å². The SMILES string of the molecule is N=CC(C=N)C1CC1. The second-order valence-electron chi connectivity index (χ2n) is 2.25. The zero-order chi connectivity index (χ0) is 5.98. The van der Waals surface area contributed by atoms with Crippen molar-refractivity contribution in [2.75, 3.05) is 0 Å². The molecule has 1 fully saturated rings. The maximum absolute atomic E-state index is 6.85. The average Bonchev–Trinajstić information content (AvgIpc) is 2.53. The topological polar surface area (TPSA) is 47.7 Å². The van der Waals surface area contributed by atoms with Crippen LogP contribution >= 0.6 is 0 Å². The maximum atomic E-state index is 6.85. The second-order valence-corrected chi connectivity index (χ2v) is 2.25. The van der Waals surface area contributed by atoms with Crippen molar-refractivity contribution in [3.8, 4) is 0 Å². The molecule has 1 rings (SSSR count). The first-order valence-electron chi connectivity index (χ1n) is 2.89. The minimum absolute atomic E-state index is 0.148. The van der Waals surface area contributed by atoms with Gasteiger partial charge in [-0.15, -0.1) is 0 Å². The van der Waals surface area contributed by atoms with Gasteiger partial charge in [-0.2, -0.15) is 0 Å². The Kier molecular flexibility index (Phi) is 1.42. The van der Waals surface area contributed by atoms with E-state index in [1.807, 2.05) is 0 Å². The van der Waals surface area contributed by atoms with Crippen LogP contribution in [0.4, 0.5) is 0 Å². The summed E-state index contributed by atoms with van der Waals surface area (Å²) < 4.78 is 0. The van der Waals surface area contributed by atoms with Gasteiger partial charge in [-0.3, -0.25) is 0 Å². The number of nitrogens with one attached hydrogen (secondary N) is 2. The van der Waals surface area contributed by atoms with E-state index in [9.17, 15) is 0 Å². The summed E-state index contributed by atoms with van der Waals surface area (Å²) in [4.78, 5) is 0. The summed E-state index contributed by atoms with van der Waals surface area (Å²) in [7, 11) is 0. The van der Waals surface area contributed by atoms with Crippen LogP contribution in [0.25, 0.3) is 0 Å². The van der Waals surface area contributed by atoms with Crippen molar-refractivity contribution < 1.29 is 0 Å². The molecule has 0 aromatic rings. The van der Waals surface area contributed by atoms with Gasteiger partial charge in [-0.25, -0.2) is 0 Å². The third-order valence-electron chi connectivity index (χ3n) is 1.55. The Balaban J connectivity index is 2.36. The Hall–Kier alpha value is -0.660. The highest BCUT2D eigenvalue weighted by molar-refractivity contribution is 5.81. The van der Waals surface area contributed by atoms with Crippen LogP contribution in [0.3, 0.4) is 0 Å². The molecule has 0 spiro atoms. The van der Waals surface area contributed by atoms with Crippen LogP contribution in [0.1, 0.15) is 12.8 Å². The summed E-state index contributed by atoms with van der Waals surface area (Å²) in [5.74, 6) is 0.792. The van der Waals surface area contributed by atoms with Crippen molar-refractivity contribution in [2.24, 2.45) is 11.8 Å². The van der Waals surface area contributed by atoms with Crippen LogP contribution in [0.2, 0.25) is 0 Å². The zero-order valence-corrected chi connectivity index (χ0v) is 4.72. The highest BCUT2D eigenvalue weighted by atomic mass is 14.5. The molecule has 0 saturated heterocycles. The van der Waals surface area contributed by atoms with Gasteiger partial charge in [0.1, 0.15) is 0 Å². The Morgan fingerprint density at radius 2 is 1.75 bits per heavy atom. The van der Waals surface area contributed by atoms with Gasteiger partial charge in [0.05, 0.1) is 0 Å². The van der Waals surface area contributed by atoms with E-state index in [0.717, 1.165) is 0 Å². The van der Waals surface area contributed by atoms with Crippen molar-refractivity contribution in [1.29, 1.82) is 10.8 Å². The van der Waals surface area contributed by atoms with E-state index in [2.05, 4.69) is 0 Å². The summed E-state index contributed by atoms with van der Waals surface area (Å²) in [5, 5.41) is 13.7. The third kappa shape index (κ3) is 0.941. The fraction of sp³-hybridized carbons (Fsp3) is 0.667. The Morgan fingerprint density at radius 3 is 1.88 bits per heavy atom. The molecule has 0 aromatic heterocycles. The van der Waals surface area contributed by atoms with Gasteiger partial charge < -0.3 is 10.8 Å². The average molecular weight is 110 g/mol. The van der Waals surface area contributed by atoms with E-state index < -0.39 is 0 Å². The minimum atomic E-state index is 0.148.